The molecule has 142 valence electrons. The van der Waals surface area contributed by atoms with Crippen LogP contribution in [0.15, 0.2) is 16.5 Å². The summed E-state index contributed by atoms with van der Waals surface area (Å²) in [6.07, 6.45) is 1.72. The number of halogens is 1. The van der Waals surface area contributed by atoms with Crippen molar-refractivity contribution in [3.05, 3.63) is 21.7 Å². The van der Waals surface area contributed by atoms with Crippen molar-refractivity contribution in [3.63, 3.8) is 0 Å². The third-order valence-electron chi connectivity index (χ3n) is 4.19. The van der Waals surface area contributed by atoms with Gasteiger partial charge >= 0.3 is 6.09 Å². The molecule has 1 unspecified atom stereocenters. The van der Waals surface area contributed by atoms with E-state index < -0.39 is 5.60 Å². The summed E-state index contributed by atoms with van der Waals surface area (Å²) in [6, 6.07) is 3.93. The van der Waals surface area contributed by atoms with Crippen LogP contribution in [-0.2, 0) is 16.0 Å². The van der Waals surface area contributed by atoms with E-state index in [1.165, 1.54) is 0 Å². The van der Waals surface area contributed by atoms with Gasteiger partial charge in [0.2, 0.25) is 0 Å². The Labute approximate surface area is 163 Å². The molecule has 1 amide bonds. The highest BCUT2D eigenvalue weighted by atomic mass is 127. The quantitative estimate of drug-likeness (QED) is 0.652. The van der Waals surface area contributed by atoms with Gasteiger partial charge in [0.1, 0.15) is 11.4 Å². The Kier molecular flexibility index (Phi) is 7.16. The number of piperidine rings is 1. The normalized spacial score (nSPS) is 21.4. The molecule has 1 fully saturated rings. The van der Waals surface area contributed by atoms with Crippen LogP contribution in [0.1, 0.15) is 39.4 Å². The number of hydrogen-bond donors (Lipinski definition) is 1. The van der Waals surface area contributed by atoms with Gasteiger partial charge < -0.3 is 24.1 Å². The Morgan fingerprint density at radius 3 is 2.80 bits per heavy atom. The molecule has 1 aliphatic rings. The molecule has 7 heteroatoms. The molecule has 6 nitrogen and oxygen atoms in total. The predicted molar refractivity (Wildman–Crippen MR) is 104 cm³/mol. The van der Waals surface area contributed by atoms with Crippen molar-refractivity contribution in [2.24, 2.45) is 5.41 Å². The number of nitrogens with zero attached hydrogens (tertiary/aromatic N) is 1. The molecule has 0 radical (unpaired) electrons. The maximum Gasteiger partial charge on any atom is 0.410 e. The fourth-order valence-corrected chi connectivity index (χ4v) is 3.67. The molecule has 0 aromatic carbocycles. The van der Waals surface area contributed by atoms with Crippen molar-refractivity contribution in [2.75, 3.05) is 33.4 Å². The molecule has 1 aromatic heterocycles. The van der Waals surface area contributed by atoms with Gasteiger partial charge in [0, 0.05) is 32.2 Å². The number of furan rings is 1. The van der Waals surface area contributed by atoms with Crippen molar-refractivity contribution in [3.8, 4) is 0 Å². The van der Waals surface area contributed by atoms with E-state index in [0.29, 0.717) is 19.7 Å². The number of amides is 1. The van der Waals surface area contributed by atoms with E-state index in [1.807, 2.05) is 37.8 Å². The van der Waals surface area contributed by atoms with Gasteiger partial charge in [-0.3, -0.25) is 0 Å². The molecule has 1 N–H and O–H groups in total. The van der Waals surface area contributed by atoms with E-state index in [1.54, 1.807) is 7.11 Å². The van der Waals surface area contributed by atoms with Gasteiger partial charge in [0.05, 0.1) is 13.2 Å². The number of rotatable bonds is 6. The first-order chi connectivity index (χ1) is 11.7. The molecule has 0 bridgehead atoms. The third kappa shape index (κ3) is 6.45. The second-order valence-electron chi connectivity index (χ2n) is 7.75. The molecular formula is C18H29IN2O4. The minimum Gasteiger partial charge on any atom is -0.454 e. The average Bonchev–Trinajstić information content (AvgIpc) is 2.91. The van der Waals surface area contributed by atoms with Crippen LogP contribution in [0, 0.1) is 9.18 Å². The highest BCUT2D eigenvalue weighted by molar-refractivity contribution is 14.1. The number of methoxy groups -OCH3 is 1. The van der Waals surface area contributed by atoms with E-state index >= 15 is 0 Å². The summed E-state index contributed by atoms with van der Waals surface area (Å²) in [5.41, 5.74) is -0.587. The molecule has 1 aliphatic heterocycles. The van der Waals surface area contributed by atoms with Crippen LogP contribution in [0.2, 0.25) is 0 Å². The lowest BCUT2D eigenvalue weighted by Gasteiger charge is -2.42. The smallest absolute Gasteiger partial charge is 0.410 e. The van der Waals surface area contributed by atoms with Crippen LogP contribution >= 0.6 is 22.6 Å². The summed E-state index contributed by atoms with van der Waals surface area (Å²) in [7, 11) is 1.71. The van der Waals surface area contributed by atoms with Crippen molar-refractivity contribution in [1.82, 2.24) is 10.2 Å². The van der Waals surface area contributed by atoms with Crippen LogP contribution < -0.4 is 5.32 Å². The second kappa shape index (κ2) is 8.73. The molecule has 0 spiro atoms. The zero-order valence-corrected chi connectivity index (χ0v) is 17.7. The summed E-state index contributed by atoms with van der Waals surface area (Å²) in [5.74, 6) is 0.914. The topological polar surface area (TPSA) is 63.9 Å². The fourth-order valence-electron chi connectivity index (χ4n) is 3.21. The van der Waals surface area contributed by atoms with Gasteiger partial charge in [0.15, 0.2) is 3.77 Å². The number of likely N-dealkylation sites (tertiary alicyclic amines) is 1. The highest BCUT2D eigenvalue weighted by Crippen LogP contribution is 2.31. The number of carbonyl (C=O) groups is 1. The molecule has 1 aromatic rings. The van der Waals surface area contributed by atoms with Crippen LogP contribution in [0.4, 0.5) is 4.79 Å². The van der Waals surface area contributed by atoms with E-state index in [9.17, 15) is 4.79 Å². The number of carbonyl (C=O) groups excluding carboxylic acids is 1. The van der Waals surface area contributed by atoms with Gasteiger partial charge in [-0.25, -0.2) is 4.79 Å². The van der Waals surface area contributed by atoms with Crippen LogP contribution in [0.3, 0.4) is 0 Å². The molecule has 2 heterocycles. The molecule has 25 heavy (non-hydrogen) atoms. The van der Waals surface area contributed by atoms with Gasteiger partial charge in [-0.2, -0.15) is 0 Å². The van der Waals surface area contributed by atoms with Gasteiger partial charge in [-0.1, -0.05) is 0 Å². The monoisotopic (exact) mass is 464 g/mol. The Morgan fingerprint density at radius 1 is 1.44 bits per heavy atom. The zero-order chi connectivity index (χ0) is 18.5. The first kappa shape index (κ1) is 20.5. The van der Waals surface area contributed by atoms with Crippen LogP contribution in [0.25, 0.3) is 0 Å². The Bertz CT molecular complexity index is 566. The second-order valence-corrected chi connectivity index (χ2v) is 8.81. The minimum absolute atomic E-state index is 0.107. The van der Waals surface area contributed by atoms with Crippen molar-refractivity contribution >= 4 is 28.7 Å². The van der Waals surface area contributed by atoms with E-state index in [-0.39, 0.29) is 11.5 Å². The lowest BCUT2D eigenvalue weighted by Crippen LogP contribution is -2.53. The standard InChI is InChI=1S/C18H29IN2O4/c1-17(2,3)25-16(22)21-9-5-8-18(12-21,13-23-4)11-20-10-14-6-7-15(19)24-14/h6-7,20H,5,8-13H2,1-4H3. The summed E-state index contributed by atoms with van der Waals surface area (Å²) < 4.78 is 17.5. The fraction of sp³-hybridized carbons (Fsp3) is 0.722. The first-order valence-electron chi connectivity index (χ1n) is 8.65. The average molecular weight is 464 g/mol. The summed E-state index contributed by atoms with van der Waals surface area (Å²) in [4.78, 5) is 14.2. The zero-order valence-electron chi connectivity index (χ0n) is 15.6. The molecular weight excluding hydrogens is 435 g/mol. The van der Waals surface area contributed by atoms with Crippen molar-refractivity contribution in [1.29, 1.82) is 0 Å². The highest BCUT2D eigenvalue weighted by Gasteiger charge is 2.38. The summed E-state index contributed by atoms with van der Waals surface area (Å²) in [5, 5.41) is 3.46. The summed E-state index contributed by atoms with van der Waals surface area (Å²) >= 11 is 2.16. The summed E-state index contributed by atoms with van der Waals surface area (Å²) in [6.45, 7) is 9.08. The SMILES string of the molecule is COCC1(CNCc2ccc(I)o2)CCCN(C(=O)OC(C)(C)C)C1. The molecule has 1 atom stereocenters. The minimum atomic E-state index is -0.479. The van der Waals surface area contributed by atoms with E-state index in [2.05, 4.69) is 27.9 Å². The maximum absolute atomic E-state index is 12.4. The predicted octanol–water partition coefficient (Wildman–Crippen LogP) is 3.64. The number of ether oxygens (including phenoxy) is 2. The van der Waals surface area contributed by atoms with E-state index in [4.69, 9.17) is 13.9 Å². The van der Waals surface area contributed by atoms with Crippen LogP contribution in [-0.4, -0.2) is 49.9 Å². The van der Waals surface area contributed by atoms with Gasteiger partial charge in [0.25, 0.3) is 0 Å². The molecule has 0 aliphatic carbocycles. The third-order valence-corrected chi connectivity index (χ3v) is 4.77. The molecule has 2 rings (SSSR count). The Balaban J connectivity index is 1.95. The van der Waals surface area contributed by atoms with Gasteiger partial charge in [-0.05, 0) is 68.3 Å². The molecule has 0 saturated carbocycles. The number of nitrogens with one attached hydrogen (secondary N) is 1. The van der Waals surface area contributed by atoms with Crippen molar-refractivity contribution in [2.45, 2.75) is 45.8 Å². The first-order valence-corrected chi connectivity index (χ1v) is 9.73. The lowest BCUT2D eigenvalue weighted by atomic mass is 9.80. The molecule has 1 saturated heterocycles. The number of hydrogen-bond acceptors (Lipinski definition) is 5. The van der Waals surface area contributed by atoms with Gasteiger partial charge in [-0.15, -0.1) is 0 Å². The Hall–Kier alpha value is -0.800. The largest absolute Gasteiger partial charge is 0.454 e. The van der Waals surface area contributed by atoms with E-state index in [0.717, 1.165) is 35.5 Å². The lowest BCUT2D eigenvalue weighted by molar-refractivity contribution is -0.0156. The van der Waals surface area contributed by atoms with Crippen LogP contribution in [0.5, 0.6) is 0 Å². The maximum atomic E-state index is 12.4. The van der Waals surface area contributed by atoms with Crippen molar-refractivity contribution < 1.29 is 18.7 Å². The Morgan fingerprint density at radius 2 is 2.20 bits per heavy atom.